The van der Waals surface area contributed by atoms with E-state index < -0.39 is 48.6 Å². The number of aliphatic carboxylic acids is 1. The first kappa shape index (κ1) is 30.5. The lowest BCUT2D eigenvalue weighted by Crippen LogP contribution is -2.52. The molecule has 0 bridgehead atoms. The van der Waals surface area contributed by atoms with Crippen molar-refractivity contribution >= 4 is 50.5 Å². The van der Waals surface area contributed by atoms with Crippen LogP contribution in [0.3, 0.4) is 0 Å². The van der Waals surface area contributed by atoms with Crippen molar-refractivity contribution in [3.63, 3.8) is 0 Å². The van der Waals surface area contributed by atoms with Crippen LogP contribution in [0.15, 0.2) is 35.1 Å². The summed E-state index contributed by atoms with van der Waals surface area (Å²) in [4.78, 5) is 50.6. The lowest BCUT2D eigenvalue weighted by atomic mass is 9.86. The molecule has 5 rings (SSSR count). The molecule has 3 aromatic carbocycles. The quantitative estimate of drug-likeness (QED) is 0.224. The van der Waals surface area contributed by atoms with E-state index in [-0.39, 0.29) is 22.3 Å². The van der Waals surface area contributed by atoms with Gasteiger partial charge in [0.05, 0.1) is 56.2 Å². The lowest BCUT2D eigenvalue weighted by molar-refractivity contribution is -0.189. The van der Waals surface area contributed by atoms with Gasteiger partial charge in [0.1, 0.15) is 28.6 Å². The number of hydrogen-bond acceptors (Lipinski definition) is 10. The lowest BCUT2D eigenvalue weighted by Gasteiger charge is -2.43. The maximum absolute atomic E-state index is 14.3. The van der Waals surface area contributed by atoms with Gasteiger partial charge in [-0.2, -0.15) is 0 Å². The second kappa shape index (κ2) is 11.3. The highest BCUT2D eigenvalue weighted by atomic mass is 16.6. The minimum atomic E-state index is -1.24. The van der Waals surface area contributed by atoms with E-state index in [1.165, 1.54) is 14.0 Å². The van der Waals surface area contributed by atoms with Crippen molar-refractivity contribution in [2.24, 2.45) is 7.05 Å². The van der Waals surface area contributed by atoms with Crippen molar-refractivity contribution in [1.29, 1.82) is 0 Å². The second-order valence-corrected chi connectivity index (χ2v) is 11.0. The molecule has 0 radical (unpaired) electrons. The molecule has 0 unspecified atom stereocenters. The molecule has 0 spiro atoms. The average Bonchev–Trinajstić information content (AvgIpc) is 2.97. The van der Waals surface area contributed by atoms with Gasteiger partial charge in [-0.25, -0.2) is 0 Å². The largest absolute Gasteiger partial charge is 0.496 e. The standard InChI is InChI=1S/C32H33NO11/c1-15(34)42-30-27-23(44-32(2,3)31(30)43-25(37)11-10-24(35)36)14-22(41-7)26-28(27)33(4)19-13-17-16(12-18(19)29(26)38)20(39-5)8-9-21(17)40-6/h8-9,12-14,30-31H,10-11H2,1-7H3,(H,35,36)/t30-,31-/m1/s1. The minimum absolute atomic E-state index is 0.193. The zero-order chi connectivity index (χ0) is 32.1. The van der Waals surface area contributed by atoms with Gasteiger partial charge >= 0.3 is 17.9 Å². The number of aromatic nitrogens is 1. The molecule has 4 aromatic rings. The van der Waals surface area contributed by atoms with Crippen LogP contribution in [0.5, 0.6) is 23.0 Å². The molecule has 44 heavy (non-hydrogen) atoms. The van der Waals surface area contributed by atoms with E-state index in [0.29, 0.717) is 44.3 Å². The zero-order valence-corrected chi connectivity index (χ0v) is 25.4. The van der Waals surface area contributed by atoms with Gasteiger partial charge < -0.3 is 38.1 Å². The maximum atomic E-state index is 14.3. The van der Waals surface area contributed by atoms with Crippen LogP contribution in [-0.4, -0.2) is 60.6 Å². The summed E-state index contributed by atoms with van der Waals surface area (Å²) in [5, 5.41) is 11.0. The van der Waals surface area contributed by atoms with Crippen molar-refractivity contribution in [1.82, 2.24) is 4.57 Å². The van der Waals surface area contributed by atoms with Gasteiger partial charge in [0.2, 0.25) is 5.43 Å². The van der Waals surface area contributed by atoms with Gasteiger partial charge in [-0.3, -0.25) is 19.2 Å². The monoisotopic (exact) mass is 607 g/mol. The number of hydrogen-bond donors (Lipinski definition) is 1. The van der Waals surface area contributed by atoms with Crippen molar-refractivity contribution in [2.45, 2.75) is 51.4 Å². The van der Waals surface area contributed by atoms with E-state index in [1.54, 1.807) is 63.9 Å². The molecule has 1 aliphatic heterocycles. The Kier molecular flexibility index (Phi) is 7.79. The Morgan fingerprint density at radius 2 is 1.52 bits per heavy atom. The van der Waals surface area contributed by atoms with Gasteiger partial charge in [-0.15, -0.1) is 0 Å². The number of carbonyl (C=O) groups excluding carboxylic acids is 2. The summed E-state index contributed by atoms with van der Waals surface area (Å²) in [6, 6.07) is 8.64. The third-order valence-electron chi connectivity index (χ3n) is 7.86. The number of carbonyl (C=O) groups is 3. The molecule has 2 heterocycles. The highest BCUT2D eigenvalue weighted by Gasteiger charge is 2.50. The third-order valence-corrected chi connectivity index (χ3v) is 7.86. The summed E-state index contributed by atoms with van der Waals surface area (Å²) in [5.74, 6) is -1.02. The molecule has 0 fully saturated rings. The number of rotatable bonds is 8. The van der Waals surface area contributed by atoms with Gasteiger partial charge in [-0.1, -0.05) is 0 Å². The van der Waals surface area contributed by atoms with Crippen LogP contribution in [0.1, 0.15) is 45.3 Å². The SMILES string of the molecule is COc1ccc(OC)c2cc3c(cc12)c(=O)c1c(OC)cc2c(c1n3C)[C@@H](OC(C)=O)[C@@H](OC(=O)CCC(=O)O)C(C)(C)O2. The third kappa shape index (κ3) is 4.99. The fraction of sp³-hybridized carbons (Fsp3) is 0.375. The molecule has 1 aromatic heterocycles. The fourth-order valence-corrected chi connectivity index (χ4v) is 5.89. The Labute approximate surface area is 251 Å². The molecular weight excluding hydrogens is 574 g/mol. The summed E-state index contributed by atoms with van der Waals surface area (Å²) < 4.78 is 36.5. The van der Waals surface area contributed by atoms with Crippen LogP contribution in [0, 0.1) is 0 Å². The molecule has 12 nitrogen and oxygen atoms in total. The summed E-state index contributed by atoms with van der Waals surface area (Å²) in [6.07, 6.45) is -3.24. The molecule has 1 N–H and O–H groups in total. The zero-order valence-electron chi connectivity index (χ0n) is 25.4. The van der Waals surface area contributed by atoms with E-state index in [2.05, 4.69) is 0 Å². The molecule has 1 aliphatic rings. The summed E-state index contributed by atoms with van der Waals surface area (Å²) in [6.45, 7) is 4.53. The van der Waals surface area contributed by atoms with Crippen LogP contribution in [0.4, 0.5) is 0 Å². The van der Waals surface area contributed by atoms with Gasteiger partial charge in [0.25, 0.3) is 0 Å². The van der Waals surface area contributed by atoms with Gasteiger partial charge in [-0.05, 0) is 38.1 Å². The smallest absolute Gasteiger partial charge is 0.306 e. The molecule has 0 amide bonds. The normalized spacial score (nSPS) is 17.1. The highest BCUT2D eigenvalue weighted by molar-refractivity contribution is 6.07. The molecule has 2 atom stereocenters. The van der Waals surface area contributed by atoms with E-state index in [1.807, 2.05) is 6.07 Å². The first-order chi connectivity index (χ1) is 20.8. The predicted molar refractivity (Wildman–Crippen MR) is 160 cm³/mol. The number of carboxylic acid groups (broad SMARTS) is 1. The Balaban J connectivity index is 1.87. The number of benzene rings is 3. The van der Waals surface area contributed by atoms with Crippen molar-refractivity contribution < 1.29 is 47.9 Å². The average molecular weight is 608 g/mol. The Hall–Kier alpha value is -5.00. The topological polar surface area (TPSA) is 149 Å². The number of ether oxygens (including phenoxy) is 6. The first-order valence-corrected chi connectivity index (χ1v) is 13.8. The molecule has 232 valence electrons. The summed E-state index contributed by atoms with van der Waals surface area (Å²) in [5.41, 5.74) is -0.433. The number of fused-ring (bicyclic) bond motifs is 5. The molecule has 0 saturated heterocycles. The number of methoxy groups -OCH3 is 3. The predicted octanol–water partition coefficient (Wildman–Crippen LogP) is 4.42. The minimum Gasteiger partial charge on any atom is -0.496 e. The van der Waals surface area contributed by atoms with E-state index in [9.17, 15) is 19.2 Å². The first-order valence-electron chi connectivity index (χ1n) is 13.8. The van der Waals surface area contributed by atoms with Gasteiger partial charge in [0, 0.05) is 36.2 Å². The summed E-state index contributed by atoms with van der Waals surface area (Å²) >= 11 is 0. The maximum Gasteiger partial charge on any atom is 0.306 e. The van der Waals surface area contributed by atoms with Crippen LogP contribution in [-0.2, 0) is 30.9 Å². The van der Waals surface area contributed by atoms with E-state index >= 15 is 0 Å². The highest BCUT2D eigenvalue weighted by Crippen LogP contribution is 2.49. The van der Waals surface area contributed by atoms with E-state index in [4.69, 9.17) is 33.5 Å². The van der Waals surface area contributed by atoms with Crippen molar-refractivity contribution in [3.8, 4) is 23.0 Å². The molecule has 12 heteroatoms. The molecule has 0 saturated carbocycles. The van der Waals surface area contributed by atoms with Crippen molar-refractivity contribution in [3.05, 3.63) is 46.1 Å². The van der Waals surface area contributed by atoms with Gasteiger partial charge in [0.15, 0.2) is 12.2 Å². The van der Waals surface area contributed by atoms with Crippen LogP contribution < -0.4 is 24.4 Å². The number of esters is 2. The molecular formula is C32H33NO11. The second-order valence-electron chi connectivity index (χ2n) is 11.0. The van der Waals surface area contributed by atoms with Crippen LogP contribution >= 0.6 is 0 Å². The van der Waals surface area contributed by atoms with Crippen LogP contribution in [0.25, 0.3) is 32.6 Å². The van der Waals surface area contributed by atoms with Crippen molar-refractivity contribution in [2.75, 3.05) is 21.3 Å². The number of nitrogens with zero attached hydrogens (tertiary/aromatic N) is 1. The Morgan fingerprint density at radius 3 is 2.09 bits per heavy atom. The Morgan fingerprint density at radius 1 is 0.909 bits per heavy atom. The van der Waals surface area contributed by atoms with Crippen LogP contribution in [0.2, 0.25) is 0 Å². The number of aryl methyl sites for hydroxylation is 1. The fourth-order valence-electron chi connectivity index (χ4n) is 5.89. The number of carboxylic acids is 1. The summed E-state index contributed by atoms with van der Waals surface area (Å²) in [7, 11) is 6.28. The van der Waals surface area contributed by atoms with E-state index in [0.717, 1.165) is 0 Å². The molecule has 0 aliphatic carbocycles. The Bertz CT molecular complexity index is 1910. The number of pyridine rings is 1.